The first-order valence-electron chi connectivity index (χ1n) is 7.83. The van der Waals surface area contributed by atoms with Gasteiger partial charge in [-0.15, -0.1) is 0 Å². The number of benzene rings is 2. The Morgan fingerprint density at radius 3 is 2.23 bits per heavy atom. The molecule has 0 unspecified atom stereocenters. The van der Waals surface area contributed by atoms with Gasteiger partial charge >= 0.3 is 0 Å². The molecule has 0 spiro atoms. The van der Waals surface area contributed by atoms with E-state index in [9.17, 15) is 4.79 Å². The predicted octanol–water partition coefficient (Wildman–Crippen LogP) is 3.77. The molecule has 0 aliphatic carbocycles. The molecule has 22 heavy (non-hydrogen) atoms. The first kappa shape index (κ1) is 16.1. The van der Waals surface area contributed by atoms with Crippen LogP contribution in [0.4, 0.5) is 5.69 Å². The van der Waals surface area contributed by atoms with Gasteiger partial charge < -0.3 is 10.2 Å². The highest BCUT2D eigenvalue weighted by Crippen LogP contribution is 2.15. The molecular weight excluding hydrogens is 272 g/mol. The van der Waals surface area contributed by atoms with Gasteiger partial charge in [0.15, 0.2) is 0 Å². The van der Waals surface area contributed by atoms with Crippen LogP contribution in [-0.4, -0.2) is 19.0 Å². The Morgan fingerprint density at radius 2 is 1.64 bits per heavy atom. The van der Waals surface area contributed by atoms with E-state index in [1.54, 1.807) is 0 Å². The number of hydrogen-bond acceptors (Lipinski definition) is 2. The van der Waals surface area contributed by atoms with E-state index in [4.69, 9.17) is 0 Å². The first-order valence-corrected chi connectivity index (χ1v) is 7.83. The number of aryl methyl sites for hydroxylation is 1. The van der Waals surface area contributed by atoms with Gasteiger partial charge in [-0.2, -0.15) is 0 Å². The third kappa shape index (κ3) is 3.88. The molecule has 116 valence electrons. The van der Waals surface area contributed by atoms with Crippen molar-refractivity contribution in [2.45, 2.75) is 27.3 Å². The van der Waals surface area contributed by atoms with Crippen LogP contribution in [0.3, 0.4) is 0 Å². The summed E-state index contributed by atoms with van der Waals surface area (Å²) in [6.45, 7) is 8.80. The summed E-state index contributed by atoms with van der Waals surface area (Å²) >= 11 is 0. The van der Waals surface area contributed by atoms with Crippen molar-refractivity contribution in [1.82, 2.24) is 5.32 Å². The van der Waals surface area contributed by atoms with E-state index >= 15 is 0 Å². The average Bonchev–Trinajstić information content (AvgIpc) is 2.55. The minimum Gasteiger partial charge on any atom is -0.372 e. The van der Waals surface area contributed by atoms with Crippen LogP contribution in [0.15, 0.2) is 48.5 Å². The summed E-state index contributed by atoms with van der Waals surface area (Å²) in [5.41, 5.74) is 4.07. The summed E-state index contributed by atoms with van der Waals surface area (Å²) in [6, 6.07) is 16.0. The molecule has 0 radical (unpaired) electrons. The molecule has 0 bridgehead atoms. The molecule has 2 rings (SSSR count). The Kier molecular flexibility index (Phi) is 5.59. The first-order chi connectivity index (χ1) is 10.7. The highest BCUT2D eigenvalue weighted by Gasteiger charge is 2.07. The summed E-state index contributed by atoms with van der Waals surface area (Å²) in [7, 11) is 0. The molecule has 0 aliphatic rings. The lowest BCUT2D eigenvalue weighted by molar-refractivity contribution is 0.0950. The van der Waals surface area contributed by atoms with Crippen LogP contribution in [0.2, 0.25) is 0 Å². The third-order valence-corrected chi connectivity index (χ3v) is 3.91. The fraction of sp³-hybridized carbons (Fsp3) is 0.316. The van der Waals surface area contributed by atoms with E-state index in [1.165, 1.54) is 5.69 Å². The molecule has 0 heterocycles. The number of nitrogens with one attached hydrogen (secondary N) is 1. The van der Waals surface area contributed by atoms with Crippen molar-refractivity contribution in [2.24, 2.45) is 0 Å². The van der Waals surface area contributed by atoms with Gasteiger partial charge in [-0.05, 0) is 50.1 Å². The Balaban J connectivity index is 1.97. The van der Waals surface area contributed by atoms with Gasteiger partial charge in [0, 0.05) is 30.9 Å². The molecular formula is C19H24N2O. The Bertz CT molecular complexity index is 616. The molecule has 1 N–H and O–H groups in total. The van der Waals surface area contributed by atoms with Crippen molar-refractivity contribution in [3.8, 4) is 0 Å². The zero-order valence-corrected chi connectivity index (χ0v) is 13.6. The number of anilines is 1. The van der Waals surface area contributed by atoms with Crippen LogP contribution in [0.5, 0.6) is 0 Å². The maximum Gasteiger partial charge on any atom is 0.251 e. The number of nitrogens with zero attached hydrogens (tertiary/aromatic N) is 1. The number of amides is 1. The van der Waals surface area contributed by atoms with Crippen LogP contribution >= 0.6 is 0 Å². The summed E-state index contributed by atoms with van der Waals surface area (Å²) in [6.07, 6.45) is 0. The highest BCUT2D eigenvalue weighted by molar-refractivity contribution is 5.95. The van der Waals surface area contributed by atoms with E-state index in [-0.39, 0.29) is 5.91 Å². The topological polar surface area (TPSA) is 32.3 Å². The predicted molar refractivity (Wildman–Crippen MR) is 92.4 cm³/mol. The van der Waals surface area contributed by atoms with Crippen LogP contribution in [0, 0.1) is 6.92 Å². The summed E-state index contributed by atoms with van der Waals surface area (Å²) in [5.74, 6) is -0.0223. The second kappa shape index (κ2) is 7.64. The molecule has 0 aliphatic heterocycles. The molecule has 0 atom stereocenters. The van der Waals surface area contributed by atoms with Crippen molar-refractivity contribution < 1.29 is 4.79 Å². The Morgan fingerprint density at radius 1 is 1.00 bits per heavy atom. The quantitative estimate of drug-likeness (QED) is 0.880. The maximum atomic E-state index is 12.2. The molecule has 3 heteroatoms. The van der Waals surface area contributed by atoms with Crippen LogP contribution in [0.25, 0.3) is 0 Å². The van der Waals surface area contributed by atoms with E-state index in [0.717, 1.165) is 29.8 Å². The van der Waals surface area contributed by atoms with E-state index in [1.807, 2.05) is 31.2 Å². The Labute approximate surface area is 133 Å². The van der Waals surface area contributed by atoms with E-state index in [2.05, 4.69) is 48.3 Å². The van der Waals surface area contributed by atoms with Crippen molar-refractivity contribution in [3.05, 3.63) is 65.2 Å². The van der Waals surface area contributed by atoms with Crippen LogP contribution in [-0.2, 0) is 6.54 Å². The summed E-state index contributed by atoms with van der Waals surface area (Å²) < 4.78 is 0. The van der Waals surface area contributed by atoms with Gasteiger partial charge in [0.25, 0.3) is 5.91 Å². The summed E-state index contributed by atoms with van der Waals surface area (Å²) in [5, 5.41) is 2.98. The number of hydrogen-bond donors (Lipinski definition) is 1. The largest absolute Gasteiger partial charge is 0.372 e. The second-order valence-electron chi connectivity index (χ2n) is 5.34. The standard InChI is InChI=1S/C19H24N2O/c1-4-21(5-2)17-12-10-16(11-13-17)14-20-19(22)18-9-7-6-8-15(18)3/h6-13H,4-5,14H2,1-3H3,(H,20,22). The minimum absolute atomic E-state index is 0.0223. The smallest absolute Gasteiger partial charge is 0.251 e. The average molecular weight is 296 g/mol. The molecule has 2 aromatic carbocycles. The lowest BCUT2D eigenvalue weighted by Gasteiger charge is -2.21. The van der Waals surface area contributed by atoms with Crippen LogP contribution < -0.4 is 10.2 Å². The maximum absolute atomic E-state index is 12.2. The molecule has 0 fully saturated rings. The highest BCUT2D eigenvalue weighted by atomic mass is 16.1. The molecule has 0 saturated carbocycles. The van der Waals surface area contributed by atoms with E-state index in [0.29, 0.717) is 6.54 Å². The molecule has 0 aromatic heterocycles. The van der Waals surface area contributed by atoms with Gasteiger partial charge in [-0.1, -0.05) is 30.3 Å². The number of carbonyl (C=O) groups excluding carboxylic acids is 1. The van der Waals surface area contributed by atoms with Crippen molar-refractivity contribution >= 4 is 11.6 Å². The monoisotopic (exact) mass is 296 g/mol. The number of carbonyl (C=O) groups is 1. The molecule has 1 amide bonds. The van der Waals surface area contributed by atoms with Gasteiger partial charge in [-0.3, -0.25) is 4.79 Å². The summed E-state index contributed by atoms with van der Waals surface area (Å²) in [4.78, 5) is 14.5. The molecule has 3 nitrogen and oxygen atoms in total. The van der Waals surface area contributed by atoms with Gasteiger partial charge in [0.2, 0.25) is 0 Å². The van der Waals surface area contributed by atoms with Crippen molar-refractivity contribution in [2.75, 3.05) is 18.0 Å². The second-order valence-corrected chi connectivity index (χ2v) is 5.34. The SMILES string of the molecule is CCN(CC)c1ccc(CNC(=O)c2ccccc2C)cc1. The Hall–Kier alpha value is -2.29. The minimum atomic E-state index is -0.0223. The zero-order chi connectivity index (χ0) is 15.9. The van der Waals surface area contributed by atoms with Gasteiger partial charge in [0.05, 0.1) is 0 Å². The lowest BCUT2D eigenvalue weighted by atomic mass is 10.1. The van der Waals surface area contributed by atoms with Crippen LogP contribution in [0.1, 0.15) is 35.3 Å². The molecule has 2 aromatic rings. The normalized spacial score (nSPS) is 10.3. The zero-order valence-electron chi connectivity index (χ0n) is 13.6. The fourth-order valence-electron chi connectivity index (χ4n) is 2.52. The lowest BCUT2D eigenvalue weighted by Crippen LogP contribution is -2.24. The van der Waals surface area contributed by atoms with Gasteiger partial charge in [0.1, 0.15) is 0 Å². The van der Waals surface area contributed by atoms with Crippen molar-refractivity contribution in [1.29, 1.82) is 0 Å². The third-order valence-electron chi connectivity index (χ3n) is 3.91. The number of rotatable bonds is 6. The van der Waals surface area contributed by atoms with Gasteiger partial charge in [-0.25, -0.2) is 0 Å². The van der Waals surface area contributed by atoms with E-state index < -0.39 is 0 Å². The molecule has 0 saturated heterocycles. The van der Waals surface area contributed by atoms with Crippen molar-refractivity contribution in [3.63, 3.8) is 0 Å². The fourth-order valence-corrected chi connectivity index (χ4v) is 2.52.